The van der Waals surface area contributed by atoms with Crippen LogP contribution in [0.2, 0.25) is 10.3 Å². The number of pyridine rings is 1. The van der Waals surface area contributed by atoms with Gasteiger partial charge >= 0.3 is 6.03 Å². The van der Waals surface area contributed by atoms with Gasteiger partial charge in [0.05, 0.1) is 0 Å². The van der Waals surface area contributed by atoms with E-state index in [0.29, 0.717) is 36.8 Å². The lowest BCUT2D eigenvalue weighted by atomic mass is 10.0. The maximum Gasteiger partial charge on any atom is 0.322 e. The van der Waals surface area contributed by atoms with Crippen LogP contribution in [0.25, 0.3) is 0 Å². The lowest BCUT2D eigenvalue weighted by molar-refractivity contribution is 0.132. The van der Waals surface area contributed by atoms with E-state index in [1.54, 1.807) is 23.5 Å². The van der Waals surface area contributed by atoms with E-state index in [2.05, 4.69) is 44.2 Å². The van der Waals surface area contributed by atoms with Crippen molar-refractivity contribution in [2.24, 2.45) is 11.7 Å². The van der Waals surface area contributed by atoms with Crippen LogP contribution in [0.3, 0.4) is 0 Å². The van der Waals surface area contributed by atoms with Gasteiger partial charge in [-0.3, -0.25) is 4.90 Å². The van der Waals surface area contributed by atoms with Gasteiger partial charge in [-0.15, -0.1) is 11.3 Å². The third-order valence-corrected chi connectivity index (χ3v) is 9.74. The molecule has 8 nitrogen and oxygen atoms in total. The number of nitrogens with zero attached hydrogens (tertiary/aromatic N) is 4. The number of carbonyl (C=O) groups excluding carboxylic acids is 1. The maximum absolute atomic E-state index is 13.6. The van der Waals surface area contributed by atoms with Crippen molar-refractivity contribution in [2.45, 2.75) is 69.6 Å². The van der Waals surface area contributed by atoms with E-state index < -0.39 is 0 Å². The standard InChI is InChI=1S/C25H35Cl2N7OS/c1-15-14-33(16(2)12-29-15)6-3-7-34(24(35)31-17-8-21(26)32-22(27)9-17)19-4-5-25(10-18(19)25)20-13-30-23(11-28)36-20/h8-9,13,15-16,18-19,29H,3-7,10-12,14,28H2,1-2H3,(H,31,32,35)/t15-,16+,18-,19-,25+/m0/s1. The fourth-order valence-electron chi connectivity index (χ4n) is 6.15. The molecule has 0 aromatic carbocycles. The molecule has 196 valence electrons. The Bertz CT molecular complexity index is 1080. The molecular weight excluding hydrogens is 517 g/mol. The van der Waals surface area contributed by atoms with Crippen LogP contribution in [0.15, 0.2) is 18.3 Å². The molecule has 4 N–H and O–H groups in total. The quantitative estimate of drug-likeness (QED) is 0.422. The van der Waals surface area contributed by atoms with Gasteiger partial charge in [0.25, 0.3) is 0 Å². The Kier molecular flexibility index (Phi) is 7.77. The number of aromatic nitrogens is 2. The molecule has 2 aromatic rings. The molecule has 2 aromatic heterocycles. The van der Waals surface area contributed by atoms with Crippen LogP contribution in [0.1, 0.15) is 49.4 Å². The van der Waals surface area contributed by atoms with Crippen LogP contribution < -0.4 is 16.4 Å². The second-order valence-corrected chi connectivity index (χ2v) is 12.4. The highest BCUT2D eigenvalue weighted by molar-refractivity contribution is 7.11. The van der Waals surface area contributed by atoms with Gasteiger partial charge in [0.2, 0.25) is 0 Å². The Morgan fingerprint density at radius 1 is 1.36 bits per heavy atom. The molecule has 2 aliphatic carbocycles. The molecule has 3 aliphatic rings. The lowest BCUT2D eigenvalue weighted by Gasteiger charge is -2.38. The summed E-state index contributed by atoms with van der Waals surface area (Å²) in [5.41, 5.74) is 6.54. The highest BCUT2D eigenvalue weighted by Crippen LogP contribution is 2.66. The zero-order valence-electron chi connectivity index (χ0n) is 20.8. The molecule has 2 amide bonds. The van der Waals surface area contributed by atoms with Crippen molar-refractivity contribution in [3.63, 3.8) is 0 Å². The van der Waals surface area contributed by atoms with Gasteiger partial charge in [0.15, 0.2) is 0 Å². The van der Waals surface area contributed by atoms with Gasteiger partial charge in [-0.25, -0.2) is 14.8 Å². The number of anilines is 1. The van der Waals surface area contributed by atoms with Gasteiger partial charge in [-0.1, -0.05) is 23.2 Å². The number of nitrogens with two attached hydrogens (primary N) is 1. The van der Waals surface area contributed by atoms with E-state index >= 15 is 0 Å². The van der Waals surface area contributed by atoms with Crippen LogP contribution in [0, 0.1) is 5.92 Å². The molecule has 1 aliphatic heterocycles. The summed E-state index contributed by atoms with van der Waals surface area (Å²) in [6.07, 6.45) is 6.11. The minimum Gasteiger partial charge on any atom is -0.325 e. The predicted molar refractivity (Wildman–Crippen MR) is 146 cm³/mol. The molecular formula is C25H35Cl2N7OS. The van der Waals surface area contributed by atoms with Crippen LogP contribution in [0.5, 0.6) is 0 Å². The minimum atomic E-state index is -0.102. The first-order valence-corrected chi connectivity index (χ1v) is 14.4. The van der Waals surface area contributed by atoms with Gasteiger partial charge < -0.3 is 21.3 Å². The SMILES string of the molecule is C[C@@H]1CN[C@@H](C)CN1CCCN(C(=O)Nc1cc(Cl)nc(Cl)c1)[C@H]1CC[C@@]2(c3cnc(CN)s3)C[C@@H]12. The minimum absolute atomic E-state index is 0.102. The number of hydrogen-bond acceptors (Lipinski definition) is 7. The van der Waals surface area contributed by atoms with E-state index in [9.17, 15) is 4.79 Å². The Morgan fingerprint density at radius 3 is 2.83 bits per heavy atom. The summed E-state index contributed by atoms with van der Waals surface area (Å²) >= 11 is 13.9. The maximum atomic E-state index is 13.6. The molecule has 0 radical (unpaired) electrons. The first kappa shape index (κ1) is 26.1. The summed E-state index contributed by atoms with van der Waals surface area (Å²) < 4.78 is 0. The summed E-state index contributed by atoms with van der Waals surface area (Å²) in [5.74, 6) is 0.456. The van der Waals surface area contributed by atoms with E-state index in [0.717, 1.165) is 50.3 Å². The molecule has 5 rings (SSSR count). The molecule has 0 unspecified atom stereocenters. The molecule has 0 bridgehead atoms. The molecule has 11 heteroatoms. The fourth-order valence-corrected chi connectivity index (χ4v) is 7.70. The summed E-state index contributed by atoms with van der Waals surface area (Å²) in [4.78, 5) is 28.0. The van der Waals surface area contributed by atoms with E-state index in [4.69, 9.17) is 28.9 Å². The number of fused-ring (bicyclic) bond motifs is 1. The predicted octanol–water partition coefficient (Wildman–Crippen LogP) is 4.33. The number of hydrogen-bond donors (Lipinski definition) is 3. The van der Waals surface area contributed by atoms with Crippen molar-refractivity contribution in [2.75, 3.05) is 31.5 Å². The van der Waals surface area contributed by atoms with Gasteiger partial charge in [0, 0.05) is 73.0 Å². The van der Waals surface area contributed by atoms with Crippen LogP contribution in [0.4, 0.5) is 10.5 Å². The van der Waals surface area contributed by atoms with Crippen molar-refractivity contribution >= 4 is 46.3 Å². The van der Waals surface area contributed by atoms with Crippen molar-refractivity contribution in [1.82, 2.24) is 25.1 Å². The Balaban J connectivity index is 1.30. The van der Waals surface area contributed by atoms with Gasteiger partial charge in [0.1, 0.15) is 15.3 Å². The fraction of sp³-hybridized carbons (Fsp3) is 0.640. The van der Waals surface area contributed by atoms with Crippen molar-refractivity contribution in [3.8, 4) is 0 Å². The van der Waals surface area contributed by atoms with Crippen molar-refractivity contribution in [1.29, 1.82) is 0 Å². The average Bonchev–Trinajstić information content (AvgIpc) is 3.18. The molecule has 0 spiro atoms. The van der Waals surface area contributed by atoms with E-state index in [1.807, 2.05) is 6.20 Å². The zero-order chi connectivity index (χ0) is 25.4. The molecule has 1 saturated heterocycles. The van der Waals surface area contributed by atoms with E-state index in [-0.39, 0.29) is 27.8 Å². The lowest BCUT2D eigenvalue weighted by Crippen LogP contribution is -2.54. The van der Waals surface area contributed by atoms with Crippen molar-refractivity contribution in [3.05, 3.63) is 38.5 Å². The second kappa shape index (κ2) is 10.7. The number of amides is 2. The molecule has 5 atom stereocenters. The largest absolute Gasteiger partial charge is 0.325 e. The number of rotatable bonds is 8. The van der Waals surface area contributed by atoms with E-state index in [1.165, 1.54) is 4.88 Å². The van der Waals surface area contributed by atoms with Gasteiger partial charge in [-0.05, 0) is 57.6 Å². The molecule has 2 saturated carbocycles. The Labute approximate surface area is 226 Å². The first-order chi connectivity index (χ1) is 17.3. The smallest absolute Gasteiger partial charge is 0.322 e. The first-order valence-electron chi connectivity index (χ1n) is 12.8. The second-order valence-electron chi connectivity index (χ2n) is 10.5. The van der Waals surface area contributed by atoms with Gasteiger partial charge in [-0.2, -0.15) is 0 Å². The van der Waals surface area contributed by atoms with Crippen LogP contribution >= 0.6 is 34.5 Å². The molecule has 3 fully saturated rings. The summed E-state index contributed by atoms with van der Waals surface area (Å²) in [7, 11) is 0. The summed E-state index contributed by atoms with van der Waals surface area (Å²) in [6, 6.07) is 4.34. The Hall–Kier alpha value is -1.49. The number of nitrogens with one attached hydrogen (secondary N) is 2. The third kappa shape index (κ3) is 5.37. The van der Waals surface area contributed by atoms with Crippen molar-refractivity contribution < 1.29 is 4.79 Å². The topological polar surface area (TPSA) is 99.4 Å². The monoisotopic (exact) mass is 551 g/mol. The highest BCUT2D eigenvalue weighted by Gasteiger charge is 2.64. The normalized spacial score (nSPS) is 29.7. The summed E-state index contributed by atoms with van der Waals surface area (Å²) in [6.45, 7) is 8.68. The number of thiazole rings is 1. The number of piperazine rings is 1. The highest BCUT2D eigenvalue weighted by atomic mass is 35.5. The molecule has 36 heavy (non-hydrogen) atoms. The number of carbonyl (C=O) groups is 1. The average molecular weight is 553 g/mol. The zero-order valence-corrected chi connectivity index (χ0v) is 23.2. The number of halogens is 2. The van der Waals surface area contributed by atoms with Crippen LogP contribution in [-0.2, 0) is 12.0 Å². The number of urea groups is 1. The van der Waals surface area contributed by atoms with Crippen LogP contribution in [-0.4, -0.2) is 70.1 Å². The Morgan fingerprint density at radius 2 is 2.14 bits per heavy atom. The molecule has 3 heterocycles. The summed E-state index contributed by atoms with van der Waals surface area (Å²) in [5, 5.41) is 8.08. The third-order valence-electron chi connectivity index (χ3n) is 8.12.